The maximum absolute atomic E-state index is 13.0. The topological polar surface area (TPSA) is 42.0 Å². The summed E-state index contributed by atoms with van der Waals surface area (Å²) in [7, 11) is 1.63. The van der Waals surface area contributed by atoms with Gasteiger partial charge in [-0.15, -0.1) is 12.4 Å². The first kappa shape index (κ1) is 23.5. The molecule has 2 aliphatic rings. The lowest BCUT2D eigenvalue weighted by Gasteiger charge is -2.26. The number of carbonyl (C=O) groups excluding carboxylic acids is 1. The van der Waals surface area contributed by atoms with Crippen molar-refractivity contribution in [2.24, 2.45) is 0 Å². The van der Waals surface area contributed by atoms with Gasteiger partial charge >= 0.3 is 0 Å². The van der Waals surface area contributed by atoms with E-state index in [-0.39, 0.29) is 18.3 Å². The van der Waals surface area contributed by atoms with Gasteiger partial charge in [0.1, 0.15) is 6.61 Å². The number of benzene rings is 2. The standard InChI is InChI=1S/C24H27ClN2O3.ClH/c1-29-22-10-9-20(17-23(22)30-16-15-26-12-3-2-4-13-26)27-14-11-21(24(27)28)18-5-7-19(25)8-6-18;/h5-11,17H,2-4,12-16H2,1H3;1H. The predicted octanol–water partition coefficient (Wildman–Crippen LogP) is 5.07. The molecule has 1 saturated heterocycles. The molecule has 31 heavy (non-hydrogen) atoms. The molecule has 166 valence electrons. The van der Waals surface area contributed by atoms with E-state index in [0.717, 1.165) is 30.9 Å². The maximum Gasteiger partial charge on any atom is 0.258 e. The Kier molecular flexibility index (Phi) is 8.24. The van der Waals surface area contributed by atoms with Crippen LogP contribution in [0.15, 0.2) is 48.5 Å². The molecule has 0 spiro atoms. The van der Waals surface area contributed by atoms with Gasteiger partial charge in [-0.3, -0.25) is 9.69 Å². The van der Waals surface area contributed by atoms with Crippen molar-refractivity contribution in [1.29, 1.82) is 0 Å². The number of hydrogen-bond donors (Lipinski definition) is 0. The Bertz CT molecular complexity index is 925. The molecule has 0 aromatic heterocycles. The Balaban J connectivity index is 0.00000272. The average Bonchev–Trinajstić information content (AvgIpc) is 3.16. The van der Waals surface area contributed by atoms with Crippen LogP contribution in [0.3, 0.4) is 0 Å². The zero-order chi connectivity index (χ0) is 20.9. The monoisotopic (exact) mass is 462 g/mol. The number of nitrogens with zero attached hydrogens (tertiary/aromatic N) is 2. The molecule has 0 bridgehead atoms. The van der Waals surface area contributed by atoms with Crippen LogP contribution in [-0.4, -0.2) is 50.7 Å². The van der Waals surface area contributed by atoms with Crippen molar-refractivity contribution < 1.29 is 14.3 Å². The number of anilines is 1. The summed E-state index contributed by atoms with van der Waals surface area (Å²) in [5, 5.41) is 0.656. The first-order valence-electron chi connectivity index (χ1n) is 10.5. The van der Waals surface area contributed by atoms with Crippen LogP contribution in [0, 0.1) is 0 Å². The van der Waals surface area contributed by atoms with Gasteiger partial charge in [0, 0.05) is 35.4 Å². The van der Waals surface area contributed by atoms with Crippen LogP contribution in [0.4, 0.5) is 5.69 Å². The smallest absolute Gasteiger partial charge is 0.258 e. The fraction of sp³-hybridized carbons (Fsp3) is 0.375. The van der Waals surface area contributed by atoms with Gasteiger partial charge in [0.25, 0.3) is 5.91 Å². The molecule has 1 fully saturated rings. The summed E-state index contributed by atoms with van der Waals surface area (Å²) in [6.45, 7) is 4.31. The summed E-state index contributed by atoms with van der Waals surface area (Å²) in [5.41, 5.74) is 2.36. The van der Waals surface area contributed by atoms with Crippen molar-refractivity contribution in [3.8, 4) is 11.5 Å². The second kappa shape index (κ2) is 10.9. The Labute approximate surface area is 195 Å². The highest BCUT2D eigenvalue weighted by Crippen LogP contribution is 2.35. The zero-order valence-electron chi connectivity index (χ0n) is 17.7. The molecule has 0 saturated carbocycles. The molecule has 2 heterocycles. The molecule has 0 unspecified atom stereocenters. The molecule has 5 nitrogen and oxygen atoms in total. The molecule has 0 aliphatic carbocycles. The van der Waals surface area contributed by atoms with Crippen LogP contribution in [-0.2, 0) is 4.79 Å². The van der Waals surface area contributed by atoms with E-state index in [0.29, 0.717) is 35.2 Å². The van der Waals surface area contributed by atoms with E-state index in [1.165, 1.54) is 19.3 Å². The quantitative estimate of drug-likeness (QED) is 0.576. The van der Waals surface area contributed by atoms with Crippen molar-refractivity contribution in [3.63, 3.8) is 0 Å². The van der Waals surface area contributed by atoms with Crippen LogP contribution in [0.5, 0.6) is 11.5 Å². The number of rotatable bonds is 7. The highest BCUT2D eigenvalue weighted by Gasteiger charge is 2.27. The molecule has 4 rings (SSSR count). The predicted molar refractivity (Wildman–Crippen MR) is 128 cm³/mol. The Morgan fingerprint density at radius 3 is 2.45 bits per heavy atom. The van der Waals surface area contributed by atoms with Crippen molar-refractivity contribution >= 4 is 41.2 Å². The fourth-order valence-electron chi connectivity index (χ4n) is 4.01. The van der Waals surface area contributed by atoms with Gasteiger partial charge in [0.05, 0.1) is 7.11 Å². The molecular weight excluding hydrogens is 435 g/mol. The van der Waals surface area contributed by atoms with Gasteiger partial charge in [-0.25, -0.2) is 0 Å². The summed E-state index contributed by atoms with van der Waals surface area (Å²) in [5.74, 6) is 1.32. The second-order valence-corrected chi connectivity index (χ2v) is 8.06. The number of methoxy groups -OCH3 is 1. The summed E-state index contributed by atoms with van der Waals surface area (Å²) in [6.07, 6.45) is 5.80. The lowest BCUT2D eigenvalue weighted by molar-refractivity contribution is -0.112. The first-order chi connectivity index (χ1) is 14.7. The minimum atomic E-state index is -0.0262. The number of halogens is 2. The zero-order valence-corrected chi connectivity index (χ0v) is 19.3. The molecule has 0 N–H and O–H groups in total. The molecule has 7 heteroatoms. The second-order valence-electron chi connectivity index (χ2n) is 7.63. The summed E-state index contributed by atoms with van der Waals surface area (Å²) in [6, 6.07) is 13.0. The number of likely N-dealkylation sites (tertiary alicyclic amines) is 1. The molecule has 0 radical (unpaired) electrons. The Hall–Kier alpha value is -2.21. The molecule has 2 aromatic rings. The highest BCUT2D eigenvalue weighted by atomic mass is 35.5. The van der Waals surface area contributed by atoms with Crippen LogP contribution in [0.2, 0.25) is 5.02 Å². The van der Waals surface area contributed by atoms with E-state index in [9.17, 15) is 4.79 Å². The van der Waals surface area contributed by atoms with Crippen LogP contribution in [0.1, 0.15) is 24.8 Å². The highest BCUT2D eigenvalue weighted by molar-refractivity contribution is 6.31. The summed E-state index contributed by atoms with van der Waals surface area (Å²) < 4.78 is 11.5. The van der Waals surface area contributed by atoms with E-state index in [4.69, 9.17) is 21.1 Å². The van der Waals surface area contributed by atoms with E-state index in [2.05, 4.69) is 4.90 Å². The first-order valence-corrected chi connectivity index (χ1v) is 10.8. The van der Waals surface area contributed by atoms with Crippen molar-refractivity contribution in [3.05, 3.63) is 59.1 Å². The van der Waals surface area contributed by atoms with E-state index < -0.39 is 0 Å². The summed E-state index contributed by atoms with van der Waals surface area (Å²) >= 11 is 5.97. The molecular formula is C24H28Cl2N2O3. The van der Waals surface area contributed by atoms with E-state index >= 15 is 0 Å². The number of hydrogen-bond acceptors (Lipinski definition) is 4. The number of ether oxygens (including phenoxy) is 2. The Morgan fingerprint density at radius 1 is 1.00 bits per heavy atom. The Morgan fingerprint density at radius 2 is 1.74 bits per heavy atom. The molecule has 0 atom stereocenters. The van der Waals surface area contributed by atoms with Crippen molar-refractivity contribution in [2.75, 3.05) is 44.8 Å². The molecule has 1 amide bonds. The van der Waals surface area contributed by atoms with Crippen LogP contribution in [0.25, 0.3) is 5.57 Å². The molecule has 2 aliphatic heterocycles. The van der Waals surface area contributed by atoms with Gasteiger partial charge < -0.3 is 14.4 Å². The fourth-order valence-corrected chi connectivity index (χ4v) is 4.13. The number of piperidine rings is 1. The molecule has 2 aromatic carbocycles. The maximum atomic E-state index is 13.0. The largest absolute Gasteiger partial charge is 0.493 e. The lowest BCUT2D eigenvalue weighted by Crippen LogP contribution is -2.33. The van der Waals surface area contributed by atoms with Crippen molar-refractivity contribution in [2.45, 2.75) is 19.3 Å². The third-order valence-electron chi connectivity index (χ3n) is 5.68. The number of amides is 1. The average molecular weight is 463 g/mol. The van der Waals surface area contributed by atoms with Gasteiger partial charge in [-0.1, -0.05) is 36.2 Å². The number of carbonyl (C=O) groups is 1. The van der Waals surface area contributed by atoms with Crippen molar-refractivity contribution in [1.82, 2.24) is 4.90 Å². The van der Waals surface area contributed by atoms with E-state index in [1.807, 2.05) is 36.4 Å². The summed E-state index contributed by atoms with van der Waals surface area (Å²) in [4.78, 5) is 17.2. The van der Waals surface area contributed by atoms with Gasteiger partial charge in [0.2, 0.25) is 0 Å². The normalized spacial score (nSPS) is 16.6. The van der Waals surface area contributed by atoms with Gasteiger partial charge in [0.15, 0.2) is 11.5 Å². The third-order valence-corrected chi connectivity index (χ3v) is 5.93. The minimum Gasteiger partial charge on any atom is -0.493 e. The SMILES string of the molecule is COc1ccc(N2CC=C(c3ccc(Cl)cc3)C2=O)cc1OCCN1CCCCC1.Cl. The van der Waals surface area contributed by atoms with Gasteiger partial charge in [-0.2, -0.15) is 0 Å². The third kappa shape index (κ3) is 5.53. The van der Waals surface area contributed by atoms with Gasteiger partial charge in [-0.05, 0) is 55.8 Å². The van der Waals surface area contributed by atoms with E-state index in [1.54, 1.807) is 24.1 Å². The minimum absolute atomic E-state index is 0. The lowest BCUT2D eigenvalue weighted by atomic mass is 10.1. The van der Waals surface area contributed by atoms with Crippen LogP contribution < -0.4 is 14.4 Å². The van der Waals surface area contributed by atoms with Crippen LogP contribution >= 0.6 is 24.0 Å².